The van der Waals surface area contributed by atoms with E-state index in [2.05, 4.69) is 16.0 Å². The number of thioether (sulfide) groups is 1. The van der Waals surface area contributed by atoms with Gasteiger partial charge in [0, 0.05) is 22.4 Å². The molecule has 1 aromatic carbocycles. The summed E-state index contributed by atoms with van der Waals surface area (Å²) in [6.45, 7) is 3.85. The lowest BCUT2D eigenvalue weighted by Gasteiger charge is -2.06. The van der Waals surface area contributed by atoms with Gasteiger partial charge in [-0.2, -0.15) is 5.26 Å². The van der Waals surface area contributed by atoms with E-state index in [0.29, 0.717) is 11.3 Å². The zero-order valence-corrected chi connectivity index (χ0v) is 14.8. The zero-order chi connectivity index (χ0) is 17.1. The van der Waals surface area contributed by atoms with Gasteiger partial charge in [0.15, 0.2) is 0 Å². The predicted molar refractivity (Wildman–Crippen MR) is 95.5 cm³/mol. The summed E-state index contributed by atoms with van der Waals surface area (Å²) in [5, 5.41) is 12.9. The number of hydrogen-bond donors (Lipinski definition) is 0. The SMILES string of the molecule is Cc1cc(C)c(C#N)c(SCc2csc(-c3ccc(F)cc3)n2)n1. The van der Waals surface area contributed by atoms with Gasteiger partial charge < -0.3 is 0 Å². The highest BCUT2D eigenvalue weighted by molar-refractivity contribution is 7.98. The minimum Gasteiger partial charge on any atom is -0.245 e. The van der Waals surface area contributed by atoms with Crippen LogP contribution in [0.5, 0.6) is 0 Å². The number of pyridine rings is 1. The Balaban J connectivity index is 1.77. The Morgan fingerprint density at radius 3 is 2.67 bits per heavy atom. The maximum atomic E-state index is 13.0. The van der Waals surface area contributed by atoms with Crippen molar-refractivity contribution in [1.82, 2.24) is 9.97 Å². The molecule has 0 aliphatic heterocycles. The smallest absolute Gasteiger partial charge is 0.123 e. The summed E-state index contributed by atoms with van der Waals surface area (Å²) in [6.07, 6.45) is 0. The van der Waals surface area contributed by atoms with Crippen LogP contribution in [0.4, 0.5) is 4.39 Å². The number of rotatable bonds is 4. The van der Waals surface area contributed by atoms with Crippen LogP contribution in [0.15, 0.2) is 40.7 Å². The summed E-state index contributed by atoms with van der Waals surface area (Å²) in [5.74, 6) is 0.387. The van der Waals surface area contributed by atoms with Crippen LogP contribution in [-0.4, -0.2) is 9.97 Å². The number of aromatic nitrogens is 2. The molecule has 0 aliphatic rings. The van der Waals surface area contributed by atoms with Crippen molar-refractivity contribution in [3.05, 3.63) is 64.0 Å². The molecule has 0 N–H and O–H groups in total. The fourth-order valence-corrected chi connectivity index (χ4v) is 4.21. The lowest BCUT2D eigenvalue weighted by atomic mass is 10.1. The van der Waals surface area contributed by atoms with E-state index >= 15 is 0 Å². The number of aryl methyl sites for hydroxylation is 2. The minimum absolute atomic E-state index is 0.254. The van der Waals surface area contributed by atoms with Crippen molar-refractivity contribution in [3.8, 4) is 16.6 Å². The Morgan fingerprint density at radius 1 is 1.21 bits per heavy atom. The second-order valence-corrected chi connectivity index (χ2v) is 7.13. The van der Waals surface area contributed by atoms with Crippen molar-refractivity contribution >= 4 is 23.1 Å². The molecule has 0 bridgehead atoms. The predicted octanol–water partition coefficient (Wildman–Crippen LogP) is 5.13. The van der Waals surface area contributed by atoms with E-state index in [-0.39, 0.29) is 5.82 Å². The van der Waals surface area contributed by atoms with Crippen LogP contribution in [-0.2, 0) is 5.75 Å². The van der Waals surface area contributed by atoms with Crippen LogP contribution in [0.1, 0.15) is 22.5 Å². The van der Waals surface area contributed by atoms with Gasteiger partial charge in [0.1, 0.15) is 21.9 Å². The van der Waals surface area contributed by atoms with Gasteiger partial charge in [-0.3, -0.25) is 0 Å². The van der Waals surface area contributed by atoms with Crippen LogP contribution in [0.2, 0.25) is 0 Å². The fraction of sp³-hybridized carbons (Fsp3) is 0.167. The molecule has 0 amide bonds. The van der Waals surface area contributed by atoms with E-state index in [1.54, 1.807) is 12.1 Å². The van der Waals surface area contributed by atoms with Gasteiger partial charge in [-0.15, -0.1) is 11.3 Å². The molecular weight excluding hydrogens is 341 g/mol. The number of nitrogens with zero attached hydrogens (tertiary/aromatic N) is 3. The molecular formula is C18H14FN3S2. The van der Waals surface area contributed by atoms with E-state index in [9.17, 15) is 9.65 Å². The highest BCUT2D eigenvalue weighted by Gasteiger charge is 2.11. The first-order valence-corrected chi connectivity index (χ1v) is 9.15. The van der Waals surface area contributed by atoms with Crippen molar-refractivity contribution in [2.45, 2.75) is 24.6 Å². The van der Waals surface area contributed by atoms with Gasteiger partial charge in [-0.05, 0) is 49.7 Å². The largest absolute Gasteiger partial charge is 0.245 e. The standard InChI is InChI=1S/C18H14FN3S2/c1-11-7-12(2)21-18(16(11)8-20)24-10-15-9-23-17(22-15)13-3-5-14(19)6-4-13/h3-7,9H,10H2,1-2H3. The van der Waals surface area contributed by atoms with Crippen LogP contribution in [0, 0.1) is 31.0 Å². The minimum atomic E-state index is -0.254. The highest BCUT2D eigenvalue weighted by atomic mass is 32.2. The summed E-state index contributed by atoms with van der Waals surface area (Å²) in [5.41, 5.74) is 4.30. The maximum Gasteiger partial charge on any atom is 0.123 e. The molecule has 0 spiro atoms. The Hall–Kier alpha value is -2.23. The second kappa shape index (κ2) is 7.12. The van der Waals surface area contributed by atoms with Gasteiger partial charge in [0.05, 0.1) is 11.3 Å². The van der Waals surface area contributed by atoms with Crippen molar-refractivity contribution in [3.63, 3.8) is 0 Å². The third kappa shape index (κ3) is 3.64. The van der Waals surface area contributed by atoms with Gasteiger partial charge in [-0.1, -0.05) is 11.8 Å². The summed E-state index contributed by atoms with van der Waals surface area (Å²) in [4.78, 5) is 9.06. The first-order valence-electron chi connectivity index (χ1n) is 7.28. The first kappa shape index (κ1) is 16.6. The van der Waals surface area contributed by atoms with E-state index in [4.69, 9.17) is 0 Å². The summed E-state index contributed by atoms with van der Waals surface area (Å²) in [6, 6.07) is 10.5. The number of hydrogen-bond acceptors (Lipinski definition) is 5. The Kier molecular flexibility index (Phi) is 4.93. The topological polar surface area (TPSA) is 49.6 Å². The third-order valence-corrected chi connectivity index (χ3v) is 5.37. The summed E-state index contributed by atoms with van der Waals surface area (Å²) < 4.78 is 13.0. The molecule has 3 nitrogen and oxygen atoms in total. The van der Waals surface area contributed by atoms with E-state index < -0.39 is 0 Å². The van der Waals surface area contributed by atoms with Crippen molar-refractivity contribution in [1.29, 1.82) is 5.26 Å². The molecule has 2 aromatic heterocycles. The van der Waals surface area contributed by atoms with Crippen molar-refractivity contribution < 1.29 is 4.39 Å². The van der Waals surface area contributed by atoms with E-state index in [0.717, 1.165) is 32.5 Å². The van der Waals surface area contributed by atoms with Gasteiger partial charge in [-0.25, -0.2) is 14.4 Å². The average molecular weight is 355 g/mol. The molecule has 2 heterocycles. The molecule has 3 rings (SSSR count). The molecule has 0 aliphatic carbocycles. The molecule has 0 atom stereocenters. The molecule has 0 unspecified atom stereocenters. The Labute approximate surface area is 148 Å². The second-order valence-electron chi connectivity index (χ2n) is 5.31. The zero-order valence-electron chi connectivity index (χ0n) is 13.2. The third-order valence-electron chi connectivity index (χ3n) is 3.42. The monoisotopic (exact) mass is 355 g/mol. The van der Waals surface area contributed by atoms with Crippen LogP contribution < -0.4 is 0 Å². The number of halogens is 1. The van der Waals surface area contributed by atoms with E-state index in [1.165, 1.54) is 35.2 Å². The van der Waals surface area contributed by atoms with Gasteiger partial charge >= 0.3 is 0 Å². The van der Waals surface area contributed by atoms with Crippen molar-refractivity contribution in [2.24, 2.45) is 0 Å². The van der Waals surface area contributed by atoms with Crippen LogP contribution >= 0.6 is 23.1 Å². The summed E-state index contributed by atoms with van der Waals surface area (Å²) in [7, 11) is 0. The van der Waals surface area contributed by atoms with Crippen molar-refractivity contribution in [2.75, 3.05) is 0 Å². The van der Waals surface area contributed by atoms with Crippen LogP contribution in [0.3, 0.4) is 0 Å². The number of benzene rings is 1. The lowest BCUT2D eigenvalue weighted by molar-refractivity contribution is 0.628. The molecule has 24 heavy (non-hydrogen) atoms. The maximum absolute atomic E-state index is 13.0. The molecule has 0 fully saturated rings. The quantitative estimate of drug-likeness (QED) is 0.609. The Bertz CT molecular complexity index is 911. The number of nitriles is 1. The normalized spacial score (nSPS) is 10.6. The van der Waals surface area contributed by atoms with Gasteiger partial charge in [0.2, 0.25) is 0 Å². The molecule has 6 heteroatoms. The highest BCUT2D eigenvalue weighted by Crippen LogP contribution is 2.29. The average Bonchev–Trinajstić information content (AvgIpc) is 3.02. The van der Waals surface area contributed by atoms with Gasteiger partial charge in [0.25, 0.3) is 0 Å². The molecule has 0 saturated carbocycles. The first-order chi connectivity index (χ1) is 11.6. The molecule has 0 saturated heterocycles. The van der Waals surface area contributed by atoms with E-state index in [1.807, 2.05) is 25.3 Å². The molecule has 120 valence electrons. The number of thiazole rings is 1. The molecule has 3 aromatic rings. The summed E-state index contributed by atoms with van der Waals surface area (Å²) >= 11 is 3.04. The van der Waals surface area contributed by atoms with Crippen LogP contribution in [0.25, 0.3) is 10.6 Å². The fourth-order valence-electron chi connectivity index (χ4n) is 2.28. The Morgan fingerprint density at radius 2 is 1.96 bits per heavy atom. The lowest BCUT2D eigenvalue weighted by Crippen LogP contribution is -1.94. The molecule has 0 radical (unpaired) electrons.